The number of halogens is 3. The lowest BCUT2D eigenvalue weighted by molar-refractivity contribution is -0.138. The van der Waals surface area contributed by atoms with E-state index in [0.717, 1.165) is 24.2 Å². The summed E-state index contributed by atoms with van der Waals surface area (Å²) in [6, 6.07) is 3.34. The Morgan fingerprint density at radius 3 is 2.65 bits per heavy atom. The molecule has 3 heterocycles. The van der Waals surface area contributed by atoms with Crippen LogP contribution >= 0.6 is 0 Å². The summed E-state index contributed by atoms with van der Waals surface area (Å²) in [5, 5.41) is 2.92. The van der Waals surface area contributed by atoms with Gasteiger partial charge < -0.3 is 4.90 Å². The van der Waals surface area contributed by atoms with Gasteiger partial charge in [0.1, 0.15) is 0 Å². The Labute approximate surface area is 131 Å². The standard InChI is InChI=1S/C15H19F3N4O/c1-10-8-13-19-12(9-14(23)22(13)20-10)11-2-5-21(6-3-11)7-4-15(16,17)18/h8-9,11,20H,2-7H2,1H3. The predicted octanol–water partition coefficient (Wildman–Crippen LogP) is 2.46. The first kappa shape index (κ1) is 16.0. The first-order chi connectivity index (χ1) is 10.8. The van der Waals surface area contributed by atoms with Crippen molar-refractivity contribution in [3.05, 3.63) is 33.9 Å². The minimum Gasteiger partial charge on any atom is -0.303 e. The summed E-state index contributed by atoms with van der Waals surface area (Å²) in [6.45, 7) is 3.11. The molecule has 1 fully saturated rings. The monoisotopic (exact) mass is 328 g/mol. The molecule has 5 nitrogen and oxygen atoms in total. The fourth-order valence-electron chi connectivity index (χ4n) is 3.08. The summed E-state index contributed by atoms with van der Waals surface area (Å²) in [4.78, 5) is 18.4. The van der Waals surface area contributed by atoms with E-state index in [2.05, 4.69) is 10.1 Å². The molecule has 2 aromatic heterocycles. The quantitative estimate of drug-likeness (QED) is 0.942. The molecule has 3 rings (SSSR count). The molecular weight excluding hydrogens is 309 g/mol. The van der Waals surface area contributed by atoms with Crippen LogP contribution in [0.15, 0.2) is 16.9 Å². The highest BCUT2D eigenvalue weighted by molar-refractivity contribution is 5.39. The number of H-pyrrole nitrogens is 1. The molecule has 0 aromatic carbocycles. The number of piperidine rings is 1. The second-order valence-corrected chi connectivity index (χ2v) is 6.13. The molecule has 0 bridgehead atoms. The zero-order valence-electron chi connectivity index (χ0n) is 12.9. The molecule has 0 aliphatic carbocycles. The molecule has 1 aliphatic rings. The van der Waals surface area contributed by atoms with Crippen LogP contribution < -0.4 is 5.56 Å². The molecule has 1 saturated heterocycles. The minimum atomic E-state index is -4.11. The molecule has 0 amide bonds. The van der Waals surface area contributed by atoms with Gasteiger partial charge in [-0.2, -0.15) is 13.2 Å². The smallest absolute Gasteiger partial charge is 0.303 e. The normalized spacial score (nSPS) is 17.9. The molecule has 23 heavy (non-hydrogen) atoms. The van der Waals surface area contributed by atoms with Crippen molar-refractivity contribution in [2.75, 3.05) is 19.6 Å². The van der Waals surface area contributed by atoms with Gasteiger partial charge in [-0.25, -0.2) is 9.50 Å². The summed E-state index contributed by atoms with van der Waals surface area (Å²) in [5.74, 6) is 0.130. The number of aromatic amines is 1. The van der Waals surface area contributed by atoms with E-state index in [-0.39, 0.29) is 18.0 Å². The Morgan fingerprint density at radius 1 is 1.30 bits per heavy atom. The summed E-state index contributed by atoms with van der Waals surface area (Å²) < 4.78 is 38.2. The molecule has 1 aliphatic heterocycles. The van der Waals surface area contributed by atoms with Crippen LogP contribution in [0.1, 0.15) is 36.6 Å². The zero-order chi connectivity index (χ0) is 16.6. The maximum atomic E-state index is 12.3. The van der Waals surface area contributed by atoms with Crippen molar-refractivity contribution in [1.82, 2.24) is 19.5 Å². The first-order valence-electron chi connectivity index (χ1n) is 7.70. The maximum Gasteiger partial charge on any atom is 0.390 e. The number of alkyl halides is 3. The van der Waals surface area contributed by atoms with Gasteiger partial charge in [-0.05, 0) is 32.9 Å². The number of nitrogens with zero attached hydrogens (tertiary/aromatic N) is 3. The third-order valence-electron chi connectivity index (χ3n) is 4.32. The molecule has 2 aromatic rings. The number of nitrogens with one attached hydrogen (secondary N) is 1. The highest BCUT2D eigenvalue weighted by Crippen LogP contribution is 2.27. The van der Waals surface area contributed by atoms with Gasteiger partial charge in [0.25, 0.3) is 5.56 Å². The van der Waals surface area contributed by atoms with Crippen molar-refractivity contribution >= 4 is 5.65 Å². The van der Waals surface area contributed by atoms with E-state index in [9.17, 15) is 18.0 Å². The lowest BCUT2D eigenvalue weighted by Crippen LogP contribution is -2.36. The third-order valence-corrected chi connectivity index (χ3v) is 4.32. The van der Waals surface area contributed by atoms with Crippen LogP contribution in [0.3, 0.4) is 0 Å². The number of hydrogen-bond acceptors (Lipinski definition) is 3. The van der Waals surface area contributed by atoms with Gasteiger partial charge in [-0.3, -0.25) is 9.89 Å². The van der Waals surface area contributed by atoms with E-state index in [1.807, 2.05) is 17.9 Å². The van der Waals surface area contributed by atoms with Crippen LogP contribution in [0, 0.1) is 6.92 Å². The molecule has 0 spiro atoms. The molecule has 126 valence electrons. The van der Waals surface area contributed by atoms with Gasteiger partial charge in [0.15, 0.2) is 5.65 Å². The fourth-order valence-corrected chi connectivity index (χ4v) is 3.08. The lowest BCUT2D eigenvalue weighted by Gasteiger charge is -2.31. The average molecular weight is 328 g/mol. The van der Waals surface area contributed by atoms with E-state index in [4.69, 9.17) is 0 Å². The zero-order valence-corrected chi connectivity index (χ0v) is 12.9. The van der Waals surface area contributed by atoms with Crippen LogP contribution in [-0.2, 0) is 0 Å². The van der Waals surface area contributed by atoms with Crippen molar-refractivity contribution < 1.29 is 13.2 Å². The summed E-state index contributed by atoms with van der Waals surface area (Å²) in [7, 11) is 0. The number of hydrogen-bond donors (Lipinski definition) is 1. The number of fused-ring (bicyclic) bond motifs is 1. The van der Waals surface area contributed by atoms with E-state index in [1.165, 1.54) is 10.6 Å². The Morgan fingerprint density at radius 2 is 2.00 bits per heavy atom. The van der Waals surface area contributed by atoms with Crippen LogP contribution in [0.4, 0.5) is 13.2 Å². The highest BCUT2D eigenvalue weighted by Gasteiger charge is 2.29. The molecule has 0 saturated carbocycles. The lowest BCUT2D eigenvalue weighted by atomic mass is 9.93. The van der Waals surface area contributed by atoms with Gasteiger partial charge in [0.05, 0.1) is 12.1 Å². The topological polar surface area (TPSA) is 53.4 Å². The van der Waals surface area contributed by atoms with Gasteiger partial charge in [0, 0.05) is 30.3 Å². The molecule has 0 atom stereocenters. The molecular formula is C15H19F3N4O. The number of aromatic nitrogens is 3. The van der Waals surface area contributed by atoms with Gasteiger partial charge in [-0.15, -0.1) is 0 Å². The number of likely N-dealkylation sites (tertiary alicyclic amines) is 1. The fraction of sp³-hybridized carbons (Fsp3) is 0.600. The van der Waals surface area contributed by atoms with E-state index in [1.54, 1.807) is 0 Å². The van der Waals surface area contributed by atoms with Crippen molar-refractivity contribution in [2.45, 2.75) is 38.3 Å². The second-order valence-electron chi connectivity index (χ2n) is 6.13. The van der Waals surface area contributed by atoms with Gasteiger partial charge >= 0.3 is 6.18 Å². The van der Waals surface area contributed by atoms with Crippen molar-refractivity contribution in [3.8, 4) is 0 Å². The van der Waals surface area contributed by atoms with Crippen LogP contribution in [0.2, 0.25) is 0 Å². The summed E-state index contributed by atoms with van der Waals surface area (Å²) in [6.07, 6.45) is -3.43. The van der Waals surface area contributed by atoms with Gasteiger partial charge in [0.2, 0.25) is 0 Å². The molecule has 1 N–H and O–H groups in total. The van der Waals surface area contributed by atoms with E-state index in [0.29, 0.717) is 18.7 Å². The second kappa shape index (κ2) is 5.99. The molecule has 0 radical (unpaired) electrons. The van der Waals surface area contributed by atoms with E-state index < -0.39 is 12.6 Å². The molecule has 8 heteroatoms. The minimum absolute atomic E-state index is 0.0440. The number of rotatable bonds is 3. The number of aryl methyl sites for hydroxylation is 1. The third kappa shape index (κ3) is 3.74. The van der Waals surface area contributed by atoms with Crippen LogP contribution in [0.5, 0.6) is 0 Å². The SMILES string of the molecule is Cc1cc2nc(C3CCN(CCC(F)(F)F)CC3)cc(=O)n2[nH]1. The van der Waals surface area contributed by atoms with E-state index >= 15 is 0 Å². The maximum absolute atomic E-state index is 12.3. The van der Waals surface area contributed by atoms with Crippen molar-refractivity contribution in [1.29, 1.82) is 0 Å². The van der Waals surface area contributed by atoms with Crippen LogP contribution in [-0.4, -0.2) is 45.3 Å². The van der Waals surface area contributed by atoms with Crippen LogP contribution in [0.25, 0.3) is 5.65 Å². The first-order valence-corrected chi connectivity index (χ1v) is 7.70. The van der Waals surface area contributed by atoms with Crippen molar-refractivity contribution in [2.24, 2.45) is 0 Å². The van der Waals surface area contributed by atoms with Crippen molar-refractivity contribution in [3.63, 3.8) is 0 Å². The Balaban J connectivity index is 1.67. The Kier molecular flexibility index (Phi) is 4.18. The van der Waals surface area contributed by atoms with Gasteiger partial charge in [-0.1, -0.05) is 0 Å². The predicted molar refractivity (Wildman–Crippen MR) is 79.6 cm³/mol. The largest absolute Gasteiger partial charge is 0.390 e. The molecule has 0 unspecified atom stereocenters. The Hall–Kier alpha value is -1.83. The average Bonchev–Trinajstić information content (AvgIpc) is 2.86. The summed E-state index contributed by atoms with van der Waals surface area (Å²) in [5.41, 5.74) is 2.03. The Bertz CT molecular complexity index is 741. The highest BCUT2D eigenvalue weighted by atomic mass is 19.4. The summed E-state index contributed by atoms with van der Waals surface area (Å²) >= 11 is 0.